The van der Waals surface area contributed by atoms with E-state index in [0.717, 1.165) is 31.1 Å². The fraction of sp³-hybridized carbons (Fsp3) is 0.500. The van der Waals surface area contributed by atoms with E-state index < -0.39 is 0 Å². The third kappa shape index (κ3) is 2.24. The average molecular weight is 182 g/mol. The minimum absolute atomic E-state index is 0.540. The number of allylic oxidation sites excluding steroid dienone is 1. The Hall–Kier alpha value is -0.500. The van der Waals surface area contributed by atoms with E-state index in [4.69, 9.17) is 0 Å². The highest BCUT2D eigenvalue weighted by Crippen LogP contribution is 2.32. The summed E-state index contributed by atoms with van der Waals surface area (Å²) < 4.78 is 0. The topological polar surface area (TPSA) is 17.1 Å². The minimum Gasteiger partial charge on any atom is -0.298 e. The van der Waals surface area contributed by atoms with Crippen LogP contribution in [0, 0.1) is 0 Å². The van der Waals surface area contributed by atoms with Gasteiger partial charge in [0.2, 0.25) is 0 Å². The first-order valence-electron chi connectivity index (χ1n) is 4.25. The molecule has 0 radical (unpaired) electrons. The number of rotatable bonds is 3. The van der Waals surface area contributed by atoms with Crippen LogP contribution in [0.15, 0.2) is 23.1 Å². The molecule has 0 aromatic heterocycles. The Morgan fingerprint density at radius 2 is 2.67 bits per heavy atom. The van der Waals surface area contributed by atoms with Gasteiger partial charge in [0.1, 0.15) is 6.29 Å². The van der Waals surface area contributed by atoms with Crippen molar-refractivity contribution in [3.63, 3.8) is 0 Å². The zero-order valence-electron chi connectivity index (χ0n) is 7.38. The first-order chi connectivity index (χ1) is 5.77. The monoisotopic (exact) mass is 182 g/mol. The fourth-order valence-corrected chi connectivity index (χ4v) is 2.33. The number of carbonyl (C=O) groups excluding carboxylic acids is 1. The molecular formula is C10H14OS. The first kappa shape index (κ1) is 9.59. The number of aldehydes is 1. The predicted molar refractivity (Wildman–Crippen MR) is 54.2 cm³/mol. The highest BCUT2D eigenvalue weighted by molar-refractivity contribution is 8.03. The van der Waals surface area contributed by atoms with Gasteiger partial charge in [-0.2, -0.15) is 0 Å². The normalized spacial score (nSPS) is 23.1. The Balaban J connectivity index is 2.51. The van der Waals surface area contributed by atoms with Crippen molar-refractivity contribution in [2.45, 2.75) is 31.4 Å². The molecule has 0 spiro atoms. The number of thioether (sulfide) groups is 1. The lowest BCUT2D eigenvalue weighted by atomic mass is 10.0. The molecule has 0 saturated heterocycles. The summed E-state index contributed by atoms with van der Waals surface area (Å²) in [5.41, 5.74) is 2.22. The van der Waals surface area contributed by atoms with Crippen LogP contribution < -0.4 is 0 Å². The highest BCUT2D eigenvalue weighted by Gasteiger charge is 2.15. The largest absolute Gasteiger partial charge is 0.298 e. The van der Waals surface area contributed by atoms with Crippen molar-refractivity contribution in [2.24, 2.45) is 0 Å². The number of hydrogen-bond acceptors (Lipinski definition) is 2. The van der Waals surface area contributed by atoms with Crippen molar-refractivity contribution in [2.75, 3.05) is 0 Å². The second-order valence-corrected chi connectivity index (χ2v) is 4.06. The van der Waals surface area contributed by atoms with Crippen molar-refractivity contribution in [3.8, 4) is 0 Å². The van der Waals surface area contributed by atoms with Crippen LogP contribution in [0.4, 0.5) is 0 Å². The minimum atomic E-state index is 0.540. The maximum atomic E-state index is 10.4. The van der Waals surface area contributed by atoms with Gasteiger partial charge < -0.3 is 0 Å². The molecule has 1 unspecified atom stereocenters. The van der Waals surface area contributed by atoms with Gasteiger partial charge in [0.05, 0.1) is 0 Å². The quantitative estimate of drug-likeness (QED) is 0.493. The molecule has 66 valence electrons. The van der Waals surface area contributed by atoms with Crippen molar-refractivity contribution >= 4 is 18.0 Å². The molecule has 2 heteroatoms. The lowest BCUT2D eigenvalue weighted by Crippen LogP contribution is -2.09. The van der Waals surface area contributed by atoms with Crippen molar-refractivity contribution < 1.29 is 4.79 Å². The molecule has 0 aliphatic carbocycles. The second-order valence-electron chi connectivity index (χ2n) is 2.99. The van der Waals surface area contributed by atoms with Crippen LogP contribution in [0.5, 0.6) is 0 Å². The van der Waals surface area contributed by atoms with E-state index >= 15 is 0 Å². The van der Waals surface area contributed by atoms with E-state index in [1.165, 1.54) is 5.57 Å². The van der Waals surface area contributed by atoms with Crippen LogP contribution >= 0.6 is 11.8 Å². The van der Waals surface area contributed by atoms with E-state index in [-0.39, 0.29) is 0 Å². The van der Waals surface area contributed by atoms with Gasteiger partial charge in [-0.25, -0.2) is 0 Å². The molecule has 1 aliphatic heterocycles. The zero-order chi connectivity index (χ0) is 8.97. The molecule has 0 amide bonds. The van der Waals surface area contributed by atoms with Gasteiger partial charge in [0, 0.05) is 5.25 Å². The van der Waals surface area contributed by atoms with E-state index in [2.05, 4.69) is 13.5 Å². The third-order valence-corrected chi connectivity index (χ3v) is 3.48. The van der Waals surface area contributed by atoms with Gasteiger partial charge in [-0.1, -0.05) is 19.1 Å². The van der Waals surface area contributed by atoms with Crippen LogP contribution in [-0.4, -0.2) is 11.5 Å². The fourth-order valence-electron chi connectivity index (χ4n) is 1.21. The van der Waals surface area contributed by atoms with Crippen LogP contribution in [0.1, 0.15) is 26.2 Å². The predicted octanol–water partition coefficient (Wildman–Crippen LogP) is 2.93. The van der Waals surface area contributed by atoms with Gasteiger partial charge in [0.15, 0.2) is 0 Å². The Kier molecular flexibility index (Phi) is 3.60. The third-order valence-electron chi connectivity index (χ3n) is 2.14. The Morgan fingerprint density at radius 1 is 1.92 bits per heavy atom. The Labute approximate surface area is 77.9 Å². The second kappa shape index (κ2) is 4.51. The van der Waals surface area contributed by atoms with E-state index in [0.29, 0.717) is 5.25 Å². The molecular weight excluding hydrogens is 168 g/mol. The molecule has 0 bridgehead atoms. The average Bonchev–Trinajstić information content (AvgIpc) is 2.17. The summed E-state index contributed by atoms with van der Waals surface area (Å²) in [5, 5.41) is 2.51. The van der Waals surface area contributed by atoms with Crippen LogP contribution in [0.2, 0.25) is 0 Å². The number of carbonyl (C=O) groups is 1. The van der Waals surface area contributed by atoms with E-state index in [1.807, 2.05) is 5.41 Å². The summed E-state index contributed by atoms with van der Waals surface area (Å²) in [6.07, 6.45) is 3.99. The van der Waals surface area contributed by atoms with Crippen LogP contribution in [-0.2, 0) is 4.79 Å². The lowest BCUT2D eigenvalue weighted by Gasteiger charge is -2.20. The summed E-state index contributed by atoms with van der Waals surface area (Å²) in [5.74, 6) is 0. The lowest BCUT2D eigenvalue weighted by molar-refractivity contribution is -0.105. The molecule has 12 heavy (non-hydrogen) atoms. The van der Waals surface area contributed by atoms with Crippen molar-refractivity contribution in [1.82, 2.24) is 0 Å². The van der Waals surface area contributed by atoms with Gasteiger partial charge in [0.25, 0.3) is 0 Å². The summed E-state index contributed by atoms with van der Waals surface area (Å²) in [6, 6.07) is 0. The van der Waals surface area contributed by atoms with Gasteiger partial charge in [-0.05, 0) is 30.2 Å². The molecule has 0 fully saturated rings. The molecule has 1 nitrogen and oxygen atoms in total. The van der Waals surface area contributed by atoms with Crippen molar-refractivity contribution in [1.29, 1.82) is 0 Å². The van der Waals surface area contributed by atoms with Crippen LogP contribution in [0.3, 0.4) is 0 Å². The maximum absolute atomic E-state index is 10.4. The summed E-state index contributed by atoms with van der Waals surface area (Å²) in [6.45, 7) is 6.14. The van der Waals surface area contributed by atoms with Gasteiger partial charge in [-0.3, -0.25) is 4.79 Å². The van der Waals surface area contributed by atoms with Gasteiger partial charge >= 0.3 is 0 Å². The highest BCUT2D eigenvalue weighted by atomic mass is 32.2. The molecule has 0 saturated carbocycles. The summed E-state index contributed by atoms with van der Waals surface area (Å²) in [7, 11) is 0. The smallest absolute Gasteiger partial charge is 0.146 e. The molecule has 1 rings (SSSR count). The van der Waals surface area contributed by atoms with E-state index in [1.54, 1.807) is 11.8 Å². The van der Waals surface area contributed by atoms with E-state index in [9.17, 15) is 4.79 Å². The summed E-state index contributed by atoms with van der Waals surface area (Å²) >= 11 is 1.74. The Morgan fingerprint density at radius 3 is 3.08 bits per heavy atom. The first-order valence-corrected chi connectivity index (χ1v) is 5.19. The molecule has 1 heterocycles. The molecule has 0 aromatic carbocycles. The maximum Gasteiger partial charge on any atom is 0.146 e. The van der Waals surface area contributed by atoms with Crippen molar-refractivity contribution in [3.05, 3.63) is 23.1 Å². The number of hydrogen-bond donors (Lipinski definition) is 0. The zero-order valence-corrected chi connectivity index (χ0v) is 8.19. The summed E-state index contributed by atoms with van der Waals surface area (Å²) in [4.78, 5) is 10.4. The van der Waals surface area contributed by atoms with Gasteiger partial charge in [-0.15, -0.1) is 11.8 Å². The molecule has 0 aromatic rings. The standard InChI is InChI=1S/C10H14OS/c1-3-8(2)10-5-4-9(6-11)7-12-10/h6-7,10H,2-5H2,1H3. The molecule has 0 N–H and O–H groups in total. The Bertz CT molecular complexity index is 218. The molecule has 1 aliphatic rings. The molecule has 1 atom stereocenters. The SMILES string of the molecule is C=C(CC)C1CCC(C=O)=CS1. The van der Waals surface area contributed by atoms with Crippen LogP contribution in [0.25, 0.3) is 0 Å².